The molecule has 1 aromatic carbocycles. The first-order valence-electron chi connectivity index (χ1n) is 8.19. The number of carbonyl (C=O) groups is 1. The average molecular weight is 328 g/mol. The minimum atomic E-state index is -1.18. The van der Waals surface area contributed by atoms with E-state index in [-0.39, 0.29) is 23.9 Å². The van der Waals surface area contributed by atoms with Gasteiger partial charge in [-0.25, -0.2) is 0 Å². The van der Waals surface area contributed by atoms with E-state index in [9.17, 15) is 15.2 Å². The Morgan fingerprint density at radius 3 is 2.67 bits per heavy atom. The highest BCUT2D eigenvalue weighted by Gasteiger charge is 2.41. The van der Waals surface area contributed by atoms with Crippen molar-refractivity contribution < 1.29 is 14.6 Å². The van der Waals surface area contributed by atoms with Crippen molar-refractivity contribution >= 4 is 5.91 Å². The molecule has 0 aliphatic carbocycles. The Balaban J connectivity index is 2.08. The molecular formula is C19H24N2O3. The summed E-state index contributed by atoms with van der Waals surface area (Å²) in [5, 5.41) is 19.9. The number of ether oxygens (including phenoxy) is 1. The van der Waals surface area contributed by atoms with Gasteiger partial charge in [-0.05, 0) is 25.0 Å². The SMILES string of the molecule is CC(C)C=C(C#N)C(=O)N1CC[C@H](Oc2ccccc2)[C@@](C)(O)C1. The number of carbonyl (C=O) groups excluding carboxylic acids is 1. The zero-order valence-electron chi connectivity index (χ0n) is 14.4. The second kappa shape index (κ2) is 7.50. The molecule has 1 heterocycles. The van der Waals surface area contributed by atoms with Crippen molar-refractivity contribution in [2.24, 2.45) is 5.92 Å². The third-order valence-corrected chi connectivity index (χ3v) is 4.03. The van der Waals surface area contributed by atoms with E-state index in [0.29, 0.717) is 18.7 Å². The van der Waals surface area contributed by atoms with E-state index >= 15 is 0 Å². The van der Waals surface area contributed by atoms with Crippen molar-refractivity contribution in [3.63, 3.8) is 0 Å². The quantitative estimate of drug-likeness (QED) is 0.681. The Morgan fingerprint density at radius 1 is 1.46 bits per heavy atom. The Bertz CT molecular complexity index is 644. The predicted molar refractivity (Wildman–Crippen MR) is 91.2 cm³/mol. The van der Waals surface area contributed by atoms with Crippen LogP contribution in [0.1, 0.15) is 27.2 Å². The summed E-state index contributed by atoms with van der Waals surface area (Å²) in [4.78, 5) is 14.0. The maximum absolute atomic E-state index is 12.5. The van der Waals surface area contributed by atoms with Crippen molar-refractivity contribution in [3.05, 3.63) is 42.0 Å². The smallest absolute Gasteiger partial charge is 0.264 e. The molecule has 2 atom stereocenters. The molecule has 1 N–H and O–H groups in total. The van der Waals surface area contributed by atoms with Crippen LogP contribution in [0.3, 0.4) is 0 Å². The van der Waals surface area contributed by atoms with E-state index in [1.807, 2.05) is 50.2 Å². The van der Waals surface area contributed by atoms with Crippen LogP contribution in [0.25, 0.3) is 0 Å². The fourth-order valence-electron chi connectivity index (χ4n) is 2.83. The van der Waals surface area contributed by atoms with Crippen LogP contribution >= 0.6 is 0 Å². The summed E-state index contributed by atoms with van der Waals surface area (Å²) < 4.78 is 5.88. The number of rotatable bonds is 4. The van der Waals surface area contributed by atoms with Gasteiger partial charge in [-0.1, -0.05) is 38.1 Å². The first kappa shape index (κ1) is 18.0. The Morgan fingerprint density at radius 2 is 2.12 bits per heavy atom. The molecule has 1 aliphatic rings. The molecule has 0 spiro atoms. The van der Waals surface area contributed by atoms with Crippen LogP contribution in [-0.2, 0) is 4.79 Å². The highest BCUT2D eigenvalue weighted by molar-refractivity contribution is 5.97. The van der Waals surface area contributed by atoms with Crippen LogP contribution in [0.5, 0.6) is 5.75 Å². The van der Waals surface area contributed by atoms with Crippen LogP contribution in [0.15, 0.2) is 42.0 Å². The molecule has 1 amide bonds. The fourth-order valence-corrected chi connectivity index (χ4v) is 2.83. The molecule has 24 heavy (non-hydrogen) atoms. The van der Waals surface area contributed by atoms with Crippen LogP contribution < -0.4 is 4.74 Å². The molecule has 0 bridgehead atoms. The molecular weight excluding hydrogens is 304 g/mol. The van der Waals surface area contributed by atoms with Gasteiger partial charge in [0.1, 0.15) is 29.1 Å². The zero-order chi connectivity index (χ0) is 17.7. The number of aliphatic hydroxyl groups is 1. The maximum atomic E-state index is 12.5. The number of hydrogen-bond donors (Lipinski definition) is 1. The number of hydrogen-bond acceptors (Lipinski definition) is 4. The summed E-state index contributed by atoms with van der Waals surface area (Å²) >= 11 is 0. The number of benzene rings is 1. The highest BCUT2D eigenvalue weighted by atomic mass is 16.5. The van der Waals surface area contributed by atoms with Crippen LogP contribution in [0, 0.1) is 17.2 Å². The molecule has 0 unspecified atom stereocenters. The van der Waals surface area contributed by atoms with Gasteiger partial charge in [-0.2, -0.15) is 5.26 Å². The van der Waals surface area contributed by atoms with E-state index in [4.69, 9.17) is 4.74 Å². The lowest BCUT2D eigenvalue weighted by atomic mass is 9.91. The fraction of sp³-hybridized carbons (Fsp3) is 0.474. The zero-order valence-corrected chi connectivity index (χ0v) is 14.4. The molecule has 0 aromatic heterocycles. The summed E-state index contributed by atoms with van der Waals surface area (Å²) in [6.07, 6.45) is 1.76. The standard InChI is InChI=1S/C19H24N2O3/c1-14(2)11-15(12-20)18(22)21-10-9-17(19(3,23)13-21)24-16-7-5-4-6-8-16/h4-8,11,14,17,23H,9-10,13H2,1-3H3/t17-,19-/m0/s1. The summed E-state index contributed by atoms with van der Waals surface area (Å²) in [5.74, 6) is 0.479. The van der Waals surface area contributed by atoms with Gasteiger partial charge in [-0.3, -0.25) is 4.79 Å². The third-order valence-electron chi connectivity index (χ3n) is 4.03. The number of piperidine rings is 1. The van der Waals surface area contributed by atoms with Gasteiger partial charge in [-0.15, -0.1) is 0 Å². The summed E-state index contributed by atoms with van der Waals surface area (Å²) in [6.45, 7) is 6.09. The molecule has 5 nitrogen and oxygen atoms in total. The number of amides is 1. The predicted octanol–water partition coefficient (Wildman–Crippen LogP) is 2.52. The molecule has 128 valence electrons. The van der Waals surface area contributed by atoms with Gasteiger partial charge in [0.15, 0.2) is 0 Å². The first-order valence-corrected chi connectivity index (χ1v) is 8.19. The van der Waals surface area contributed by atoms with Gasteiger partial charge in [0, 0.05) is 13.0 Å². The minimum absolute atomic E-state index is 0.114. The summed E-state index contributed by atoms with van der Waals surface area (Å²) in [6, 6.07) is 11.3. The summed E-state index contributed by atoms with van der Waals surface area (Å²) in [5.41, 5.74) is -1.05. The van der Waals surface area contributed by atoms with Gasteiger partial charge < -0.3 is 14.7 Å². The number of nitrogens with zero attached hydrogens (tertiary/aromatic N) is 2. The van der Waals surface area contributed by atoms with Crippen LogP contribution in [0.2, 0.25) is 0 Å². The number of allylic oxidation sites excluding steroid dienone is 1. The van der Waals surface area contributed by atoms with Crippen molar-refractivity contribution in [1.82, 2.24) is 4.90 Å². The van der Waals surface area contributed by atoms with E-state index < -0.39 is 11.7 Å². The lowest BCUT2D eigenvalue weighted by Crippen LogP contribution is -2.58. The van der Waals surface area contributed by atoms with Gasteiger partial charge in [0.25, 0.3) is 5.91 Å². The lowest BCUT2D eigenvalue weighted by molar-refractivity contribution is -0.141. The topological polar surface area (TPSA) is 73.6 Å². The normalized spacial score (nSPS) is 24.6. The van der Waals surface area contributed by atoms with E-state index in [2.05, 4.69) is 0 Å². The maximum Gasteiger partial charge on any atom is 0.264 e. The number of para-hydroxylation sites is 1. The number of nitriles is 1. The van der Waals surface area contributed by atoms with E-state index in [1.165, 1.54) is 4.90 Å². The van der Waals surface area contributed by atoms with E-state index in [0.717, 1.165) is 0 Å². The van der Waals surface area contributed by atoms with Crippen LogP contribution in [-0.4, -0.2) is 40.7 Å². The molecule has 1 aliphatic heterocycles. The monoisotopic (exact) mass is 328 g/mol. The summed E-state index contributed by atoms with van der Waals surface area (Å²) in [7, 11) is 0. The molecule has 1 fully saturated rings. The molecule has 5 heteroatoms. The average Bonchev–Trinajstić information content (AvgIpc) is 2.54. The van der Waals surface area contributed by atoms with Gasteiger partial charge in [0.2, 0.25) is 0 Å². The van der Waals surface area contributed by atoms with Crippen molar-refractivity contribution in [1.29, 1.82) is 5.26 Å². The Kier molecular flexibility index (Phi) is 5.63. The van der Waals surface area contributed by atoms with E-state index in [1.54, 1.807) is 13.0 Å². The third kappa shape index (κ3) is 4.36. The second-order valence-corrected chi connectivity index (χ2v) is 6.73. The lowest BCUT2D eigenvalue weighted by Gasteiger charge is -2.42. The first-order chi connectivity index (χ1) is 11.3. The molecule has 1 saturated heterocycles. The number of β-amino-alcohol motifs (C(OH)–C–C–N with tert-alkyl or cyclic N) is 1. The Labute approximate surface area is 143 Å². The van der Waals surface area contributed by atoms with Gasteiger partial charge in [0.05, 0.1) is 6.54 Å². The molecule has 1 aromatic rings. The second-order valence-electron chi connectivity index (χ2n) is 6.73. The van der Waals surface area contributed by atoms with Crippen LogP contribution in [0.4, 0.5) is 0 Å². The van der Waals surface area contributed by atoms with Gasteiger partial charge >= 0.3 is 0 Å². The molecule has 0 radical (unpaired) electrons. The minimum Gasteiger partial charge on any atom is -0.487 e. The Hall–Kier alpha value is -2.32. The molecule has 2 rings (SSSR count). The number of likely N-dealkylation sites (tertiary alicyclic amines) is 1. The van der Waals surface area contributed by atoms with Crippen molar-refractivity contribution in [2.75, 3.05) is 13.1 Å². The van der Waals surface area contributed by atoms with Crippen molar-refractivity contribution in [3.8, 4) is 11.8 Å². The highest BCUT2D eigenvalue weighted by Crippen LogP contribution is 2.27. The molecule has 0 saturated carbocycles. The largest absolute Gasteiger partial charge is 0.487 e. The van der Waals surface area contributed by atoms with Crippen molar-refractivity contribution in [2.45, 2.75) is 38.9 Å².